The average molecular weight is 304 g/mol. The van der Waals surface area contributed by atoms with Crippen molar-refractivity contribution in [3.8, 4) is 5.82 Å². The Hall–Kier alpha value is -1.37. The van der Waals surface area contributed by atoms with Crippen molar-refractivity contribution >= 4 is 30.8 Å². The molecule has 2 aromatic rings. The maximum atomic E-state index is 5.31. The molecule has 3 heterocycles. The fraction of sp³-hybridized carbons (Fsp3) is 0.364. The van der Waals surface area contributed by atoms with Crippen molar-refractivity contribution in [2.45, 2.75) is 0 Å². The second-order valence-corrected chi connectivity index (χ2v) is 3.78. The first-order valence-electron chi connectivity index (χ1n) is 5.57. The normalized spacial score (nSPS) is 14.4. The highest BCUT2D eigenvalue weighted by atomic mass is 35.5. The van der Waals surface area contributed by atoms with Gasteiger partial charge >= 0.3 is 0 Å². The Morgan fingerprint density at radius 1 is 1.11 bits per heavy atom. The average Bonchev–Trinajstić information content (AvgIpc) is 2.94. The summed E-state index contributed by atoms with van der Waals surface area (Å²) in [7, 11) is 0. The van der Waals surface area contributed by atoms with Crippen molar-refractivity contribution in [2.24, 2.45) is 0 Å². The molecule has 0 radical (unpaired) electrons. The number of hydrogen-bond donors (Lipinski definition) is 0. The number of ether oxygens (including phenoxy) is 1. The van der Waals surface area contributed by atoms with Crippen LogP contribution in [-0.4, -0.2) is 45.8 Å². The minimum atomic E-state index is 0. The van der Waals surface area contributed by atoms with Crippen LogP contribution < -0.4 is 4.90 Å². The van der Waals surface area contributed by atoms with Gasteiger partial charge in [-0.1, -0.05) is 0 Å². The summed E-state index contributed by atoms with van der Waals surface area (Å²) >= 11 is 0. The SMILES string of the molecule is Cl.Cl.c1cn(-c2ccnc(N3CCOCC3)n2)cn1. The molecule has 1 aliphatic rings. The van der Waals surface area contributed by atoms with Crippen molar-refractivity contribution < 1.29 is 4.74 Å². The molecule has 0 bridgehead atoms. The summed E-state index contributed by atoms with van der Waals surface area (Å²) in [5.74, 6) is 1.58. The molecule has 0 N–H and O–H groups in total. The molecule has 1 saturated heterocycles. The largest absolute Gasteiger partial charge is 0.378 e. The van der Waals surface area contributed by atoms with Gasteiger partial charge in [0.15, 0.2) is 0 Å². The van der Waals surface area contributed by atoms with Crippen LogP contribution in [0.2, 0.25) is 0 Å². The monoisotopic (exact) mass is 303 g/mol. The predicted octanol–water partition coefficient (Wildman–Crippen LogP) is 1.34. The number of morpholine rings is 1. The van der Waals surface area contributed by atoms with Gasteiger partial charge in [-0.25, -0.2) is 9.97 Å². The molecule has 0 aromatic carbocycles. The highest BCUT2D eigenvalue weighted by molar-refractivity contribution is 5.85. The lowest BCUT2D eigenvalue weighted by molar-refractivity contribution is 0.122. The number of nitrogens with zero attached hydrogens (tertiary/aromatic N) is 5. The number of imidazole rings is 1. The smallest absolute Gasteiger partial charge is 0.227 e. The van der Waals surface area contributed by atoms with Crippen molar-refractivity contribution in [3.63, 3.8) is 0 Å². The predicted molar refractivity (Wildman–Crippen MR) is 76.7 cm³/mol. The van der Waals surface area contributed by atoms with Crippen LogP contribution in [0.15, 0.2) is 31.0 Å². The molecule has 0 aliphatic carbocycles. The number of anilines is 1. The third-order valence-corrected chi connectivity index (χ3v) is 2.69. The van der Waals surface area contributed by atoms with E-state index in [1.54, 1.807) is 18.7 Å². The number of rotatable bonds is 2. The molecule has 6 nitrogen and oxygen atoms in total. The molecule has 8 heteroatoms. The lowest BCUT2D eigenvalue weighted by Crippen LogP contribution is -2.37. The molecule has 0 spiro atoms. The fourth-order valence-electron chi connectivity index (χ4n) is 1.79. The molecule has 19 heavy (non-hydrogen) atoms. The maximum Gasteiger partial charge on any atom is 0.227 e. The molecule has 0 unspecified atom stereocenters. The van der Waals surface area contributed by atoms with E-state index in [0.717, 1.165) is 38.1 Å². The molecule has 1 aliphatic heterocycles. The van der Waals surface area contributed by atoms with Crippen molar-refractivity contribution in [3.05, 3.63) is 31.0 Å². The Balaban J connectivity index is 0.000000902. The van der Waals surface area contributed by atoms with E-state index in [1.165, 1.54) is 0 Å². The second kappa shape index (κ2) is 7.28. The van der Waals surface area contributed by atoms with Gasteiger partial charge in [0.2, 0.25) is 5.95 Å². The molecule has 0 saturated carbocycles. The first-order valence-corrected chi connectivity index (χ1v) is 5.57. The van der Waals surface area contributed by atoms with Gasteiger partial charge < -0.3 is 9.64 Å². The van der Waals surface area contributed by atoms with Gasteiger partial charge in [-0.3, -0.25) is 4.57 Å². The first-order chi connectivity index (χ1) is 8.43. The second-order valence-electron chi connectivity index (χ2n) is 3.78. The fourth-order valence-corrected chi connectivity index (χ4v) is 1.79. The van der Waals surface area contributed by atoms with Gasteiger partial charge in [0.05, 0.1) is 13.2 Å². The van der Waals surface area contributed by atoms with E-state index in [2.05, 4.69) is 19.9 Å². The van der Waals surface area contributed by atoms with E-state index in [-0.39, 0.29) is 24.8 Å². The molecular weight excluding hydrogens is 289 g/mol. The van der Waals surface area contributed by atoms with Crippen LogP contribution in [0.3, 0.4) is 0 Å². The molecule has 104 valence electrons. The van der Waals surface area contributed by atoms with Crippen LogP contribution in [0.1, 0.15) is 0 Å². The van der Waals surface area contributed by atoms with E-state index >= 15 is 0 Å². The summed E-state index contributed by atoms with van der Waals surface area (Å²) in [4.78, 5) is 15.0. The third-order valence-electron chi connectivity index (χ3n) is 2.69. The van der Waals surface area contributed by atoms with Gasteiger partial charge in [-0.05, 0) is 6.07 Å². The Bertz CT molecular complexity index is 488. The summed E-state index contributed by atoms with van der Waals surface area (Å²) in [6, 6.07) is 1.87. The Morgan fingerprint density at radius 3 is 2.58 bits per heavy atom. The van der Waals surface area contributed by atoms with Crippen LogP contribution in [0.4, 0.5) is 5.95 Å². The zero-order chi connectivity index (χ0) is 11.5. The summed E-state index contributed by atoms with van der Waals surface area (Å²) in [5, 5.41) is 0. The van der Waals surface area contributed by atoms with Crippen LogP contribution in [-0.2, 0) is 4.74 Å². The number of hydrogen-bond acceptors (Lipinski definition) is 5. The highest BCUT2D eigenvalue weighted by Crippen LogP contribution is 2.11. The van der Waals surface area contributed by atoms with E-state index in [1.807, 2.05) is 16.8 Å². The Labute approximate surface area is 123 Å². The minimum absolute atomic E-state index is 0. The van der Waals surface area contributed by atoms with Crippen molar-refractivity contribution in [1.29, 1.82) is 0 Å². The van der Waals surface area contributed by atoms with E-state index in [9.17, 15) is 0 Å². The van der Waals surface area contributed by atoms with E-state index in [0.29, 0.717) is 0 Å². The summed E-state index contributed by atoms with van der Waals surface area (Å²) < 4.78 is 7.18. The highest BCUT2D eigenvalue weighted by Gasteiger charge is 2.14. The van der Waals surface area contributed by atoms with Crippen molar-refractivity contribution in [1.82, 2.24) is 19.5 Å². The zero-order valence-corrected chi connectivity index (χ0v) is 11.8. The lowest BCUT2D eigenvalue weighted by atomic mass is 10.4. The summed E-state index contributed by atoms with van der Waals surface area (Å²) in [6.07, 6.45) is 7.10. The summed E-state index contributed by atoms with van der Waals surface area (Å²) in [6.45, 7) is 3.15. The van der Waals surface area contributed by atoms with Crippen LogP contribution in [0.25, 0.3) is 5.82 Å². The Morgan fingerprint density at radius 2 is 1.89 bits per heavy atom. The van der Waals surface area contributed by atoms with Crippen LogP contribution >= 0.6 is 24.8 Å². The van der Waals surface area contributed by atoms with Gasteiger partial charge in [0.25, 0.3) is 0 Å². The lowest BCUT2D eigenvalue weighted by Gasteiger charge is -2.26. The summed E-state index contributed by atoms with van der Waals surface area (Å²) in [5.41, 5.74) is 0. The van der Waals surface area contributed by atoms with E-state index in [4.69, 9.17) is 4.74 Å². The quantitative estimate of drug-likeness (QED) is 0.838. The number of halogens is 2. The molecule has 3 rings (SSSR count). The maximum absolute atomic E-state index is 5.31. The van der Waals surface area contributed by atoms with Gasteiger partial charge in [0.1, 0.15) is 12.1 Å². The molecular formula is C11H15Cl2N5O. The van der Waals surface area contributed by atoms with Gasteiger partial charge in [-0.15, -0.1) is 24.8 Å². The topological polar surface area (TPSA) is 56.1 Å². The zero-order valence-electron chi connectivity index (χ0n) is 10.2. The molecule has 0 atom stereocenters. The molecule has 1 fully saturated rings. The van der Waals surface area contributed by atoms with Crippen LogP contribution in [0.5, 0.6) is 0 Å². The Kier molecular flexibility index (Phi) is 6.01. The van der Waals surface area contributed by atoms with Crippen LogP contribution in [0, 0.1) is 0 Å². The minimum Gasteiger partial charge on any atom is -0.378 e. The van der Waals surface area contributed by atoms with Gasteiger partial charge in [-0.2, -0.15) is 4.98 Å². The first kappa shape index (κ1) is 15.7. The third kappa shape index (κ3) is 3.56. The van der Waals surface area contributed by atoms with Gasteiger partial charge in [0, 0.05) is 31.7 Å². The molecule has 2 aromatic heterocycles. The number of aromatic nitrogens is 4. The standard InChI is InChI=1S/C11H13N5O.2ClH/c1-2-13-11(15-5-7-17-8-6-15)14-10(1)16-4-3-12-9-16;;/h1-4,9H,5-8H2;2*1H. The molecule has 0 amide bonds. The van der Waals surface area contributed by atoms with Crippen molar-refractivity contribution in [2.75, 3.05) is 31.2 Å². The van der Waals surface area contributed by atoms with E-state index < -0.39 is 0 Å².